The largest absolute Gasteiger partial charge is 0.493 e. The minimum Gasteiger partial charge on any atom is -0.493 e. The summed E-state index contributed by atoms with van der Waals surface area (Å²) in [7, 11) is 1.63. The highest BCUT2D eigenvalue weighted by atomic mass is 35.5. The van der Waals surface area contributed by atoms with Crippen LogP contribution in [0.3, 0.4) is 0 Å². The van der Waals surface area contributed by atoms with E-state index in [2.05, 4.69) is 19.2 Å². The first-order valence-electron chi connectivity index (χ1n) is 6.34. The molecule has 0 aromatic heterocycles. The van der Waals surface area contributed by atoms with Crippen molar-refractivity contribution in [3.63, 3.8) is 0 Å². The summed E-state index contributed by atoms with van der Waals surface area (Å²) in [4.78, 5) is 0. The molecular weight excluding hydrogens is 250 g/mol. The van der Waals surface area contributed by atoms with Gasteiger partial charge in [-0.25, -0.2) is 0 Å². The van der Waals surface area contributed by atoms with Crippen LogP contribution in [0, 0.1) is 0 Å². The van der Waals surface area contributed by atoms with E-state index >= 15 is 0 Å². The highest BCUT2D eigenvalue weighted by Crippen LogP contribution is 2.36. The van der Waals surface area contributed by atoms with Crippen molar-refractivity contribution in [1.29, 1.82) is 0 Å². The van der Waals surface area contributed by atoms with Crippen molar-refractivity contribution >= 4 is 11.6 Å². The Bertz CT molecular complexity index is 382. The Morgan fingerprint density at radius 3 is 2.61 bits per heavy atom. The van der Waals surface area contributed by atoms with Crippen molar-refractivity contribution in [1.82, 2.24) is 5.32 Å². The van der Waals surface area contributed by atoms with Crippen LogP contribution >= 0.6 is 11.6 Å². The topological polar surface area (TPSA) is 30.5 Å². The molecule has 0 saturated carbocycles. The Balaban J connectivity index is 2.85. The van der Waals surface area contributed by atoms with Gasteiger partial charge in [-0.1, -0.05) is 18.5 Å². The predicted octanol–water partition coefficient (Wildman–Crippen LogP) is 3.64. The summed E-state index contributed by atoms with van der Waals surface area (Å²) >= 11 is 6.21. The minimum absolute atomic E-state index is 0.487. The normalized spacial score (nSPS) is 12.3. The number of halogens is 1. The zero-order chi connectivity index (χ0) is 13.5. The quantitative estimate of drug-likeness (QED) is 0.821. The monoisotopic (exact) mass is 271 g/mol. The Morgan fingerprint density at radius 1 is 1.33 bits per heavy atom. The number of hydrogen-bond acceptors (Lipinski definition) is 3. The van der Waals surface area contributed by atoms with Gasteiger partial charge in [0.15, 0.2) is 11.5 Å². The molecule has 0 saturated heterocycles. The van der Waals surface area contributed by atoms with Crippen molar-refractivity contribution in [3.8, 4) is 11.5 Å². The van der Waals surface area contributed by atoms with Gasteiger partial charge >= 0.3 is 0 Å². The highest BCUT2D eigenvalue weighted by molar-refractivity contribution is 6.32. The van der Waals surface area contributed by atoms with E-state index in [4.69, 9.17) is 21.1 Å². The van der Waals surface area contributed by atoms with Crippen LogP contribution in [0.15, 0.2) is 12.1 Å². The second kappa shape index (κ2) is 7.49. The number of rotatable bonds is 7. The summed E-state index contributed by atoms with van der Waals surface area (Å²) in [6.07, 6.45) is 1.10. The predicted molar refractivity (Wildman–Crippen MR) is 75.8 cm³/mol. The summed E-state index contributed by atoms with van der Waals surface area (Å²) < 4.78 is 10.8. The summed E-state index contributed by atoms with van der Waals surface area (Å²) in [5, 5.41) is 4.02. The van der Waals surface area contributed by atoms with E-state index in [1.54, 1.807) is 7.11 Å². The number of hydrogen-bond donors (Lipinski definition) is 1. The summed E-state index contributed by atoms with van der Waals surface area (Å²) in [5.74, 6) is 1.30. The zero-order valence-electron chi connectivity index (χ0n) is 11.5. The second-order valence-electron chi connectivity index (χ2n) is 4.23. The van der Waals surface area contributed by atoms with Gasteiger partial charge in [0.1, 0.15) is 0 Å². The molecule has 1 rings (SSSR count). The molecule has 1 N–H and O–H groups in total. The first-order valence-corrected chi connectivity index (χ1v) is 6.72. The van der Waals surface area contributed by atoms with Gasteiger partial charge in [-0.2, -0.15) is 0 Å². The Labute approximate surface area is 114 Å². The van der Waals surface area contributed by atoms with Gasteiger partial charge in [0.05, 0.1) is 18.7 Å². The fourth-order valence-corrected chi connectivity index (χ4v) is 1.88. The van der Waals surface area contributed by atoms with E-state index in [1.165, 1.54) is 0 Å². The third-order valence-electron chi connectivity index (χ3n) is 2.84. The van der Waals surface area contributed by atoms with Gasteiger partial charge < -0.3 is 14.8 Å². The van der Waals surface area contributed by atoms with Crippen LogP contribution < -0.4 is 14.8 Å². The number of methoxy groups -OCH3 is 1. The van der Waals surface area contributed by atoms with Gasteiger partial charge in [0.2, 0.25) is 0 Å². The Kier molecular flexibility index (Phi) is 6.30. The molecule has 0 aliphatic heterocycles. The van der Waals surface area contributed by atoms with Crippen LogP contribution in [0.1, 0.15) is 32.8 Å². The smallest absolute Gasteiger partial charge is 0.179 e. The van der Waals surface area contributed by atoms with Crippen molar-refractivity contribution in [2.75, 3.05) is 13.7 Å². The molecule has 0 heterocycles. The van der Waals surface area contributed by atoms with E-state index in [1.807, 2.05) is 19.1 Å². The van der Waals surface area contributed by atoms with E-state index in [-0.39, 0.29) is 0 Å². The van der Waals surface area contributed by atoms with Crippen molar-refractivity contribution in [3.05, 3.63) is 22.7 Å². The first kappa shape index (κ1) is 15.1. The van der Waals surface area contributed by atoms with Crippen LogP contribution in [-0.2, 0) is 6.54 Å². The lowest BCUT2D eigenvalue weighted by atomic mass is 10.1. The molecule has 102 valence electrons. The molecule has 0 spiro atoms. The molecule has 0 aliphatic carbocycles. The number of nitrogens with one attached hydrogen (secondary N) is 1. The molecule has 0 fully saturated rings. The maximum absolute atomic E-state index is 6.21. The minimum atomic E-state index is 0.487. The molecule has 0 bridgehead atoms. The van der Waals surface area contributed by atoms with E-state index in [0.29, 0.717) is 29.2 Å². The standard InChI is InChI=1S/C14H22ClNO2/c1-5-10(3)16-9-11-7-12(15)14(18-6-2)13(8-11)17-4/h7-8,10,16H,5-6,9H2,1-4H3/t10-/m0/s1. The van der Waals surface area contributed by atoms with Crippen LogP contribution in [0.25, 0.3) is 0 Å². The van der Waals surface area contributed by atoms with Crippen molar-refractivity contribution in [2.45, 2.75) is 39.8 Å². The molecule has 18 heavy (non-hydrogen) atoms. The Morgan fingerprint density at radius 2 is 2.06 bits per heavy atom. The van der Waals surface area contributed by atoms with Crippen LogP contribution in [-0.4, -0.2) is 19.8 Å². The molecule has 1 aromatic carbocycles. The average molecular weight is 272 g/mol. The molecular formula is C14H22ClNO2. The lowest BCUT2D eigenvalue weighted by molar-refractivity contribution is 0.311. The van der Waals surface area contributed by atoms with E-state index < -0.39 is 0 Å². The lowest BCUT2D eigenvalue weighted by Crippen LogP contribution is -2.24. The third-order valence-corrected chi connectivity index (χ3v) is 3.13. The maximum Gasteiger partial charge on any atom is 0.179 e. The van der Waals surface area contributed by atoms with Gasteiger partial charge in [0.25, 0.3) is 0 Å². The molecule has 4 heteroatoms. The number of ether oxygens (including phenoxy) is 2. The van der Waals surface area contributed by atoms with Gasteiger partial charge in [-0.05, 0) is 38.0 Å². The molecule has 0 amide bonds. The third kappa shape index (κ3) is 4.07. The van der Waals surface area contributed by atoms with Crippen LogP contribution in [0.2, 0.25) is 5.02 Å². The second-order valence-corrected chi connectivity index (χ2v) is 4.64. The average Bonchev–Trinajstić information content (AvgIpc) is 2.38. The van der Waals surface area contributed by atoms with Crippen LogP contribution in [0.5, 0.6) is 11.5 Å². The molecule has 1 aromatic rings. The van der Waals surface area contributed by atoms with Crippen molar-refractivity contribution < 1.29 is 9.47 Å². The molecule has 0 unspecified atom stereocenters. The summed E-state index contributed by atoms with van der Waals surface area (Å²) in [6, 6.07) is 4.37. The van der Waals surface area contributed by atoms with Crippen molar-refractivity contribution in [2.24, 2.45) is 0 Å². The Hall–Kier alpha value is -0.930. The summed E-state index contributed by atoms with van der Waals surface area (Å²) in [6.45, 7) is 7.59. The van der Waals surface area contributed by atoms with Crippen LogP contribution in [0.4, 0.5) is 0 Å². The SMILES string of the molecule is CCOc1c(Cl)cc(CN[C@@H](C)CC)cc1OC. The molecule has 3 nitrogen and oxygen atoms in total. The van der Waals surface area contributed by atoms with E-state index in [9.17, 15) is 0 Å². The number of benzene rings is 1. The van der Waals surface area contributed by atoms with Gasteiger partial charge in [-0.15, -0.1) is 0 Å². The van der Waals surface area contributed by atoms with Gasteiger partial charge in [0, 0.05) is 12.6 Å². The highest BCUT2D eigenvalue weighted by Gasteiger charge is 2.11. The first-order chi connectivity index (χ1) is 8.62. The maximum atomic E-state index is 6.21. The fourth-order valence-electron chi connectivity index (χ4n) is 1.60. The van der Waals surface area contributed by atoms with Gasteiger partial charge in [-0.3, -0.25) is 0 Å². The molecule has 1 atom stereocenters. The molecule has 0 radical (unpaired) electrons. The summed E-state index contributed by atoms with van der Waals surface area (Å²) in [5.41, 5.74) is 1.10. The fraction of sp³-hybridized carbons (Fsp3) is 0.571. The zero-order valence-corrected chi connectivity index (χ0v) is 12.3. The molecule has 0 aliphatic rings. The van der Waals surface area contributed by atoms with E-state index in [0.717, 1.165) is 18.5 Å². The lowest BCUT2D eigenvalue weighted by Gasteiger charge is -2.15.